The van der Waals surface area contributed by atoms with Crippen molar-refractivity contribution < 1.29 is 4.39 Å². The molecule has 2 rings (SSSR count). The largest absolute Gasteiger partial charge is 0.307 e. The maximum absolute atomic E-state index is 12.9. The lowest BCUT2D eigenvalue weighted by atomic mass is 10.2. The second-order valence-corrected chi connectivity index (χ2v) is 4.01. The number of hydrogen-bond donors (Lipinski definition) is 1. The van der Waals surface area contributed by atoms with Gasteiger partial charge >= 0.3 is 0 Å². The van der Waals surface area contributed by atoms with E-state index >= 15 is 0 Å². The lowest BCUT2D eigenvalue weighted by molar-refractivity contribution is 0.611. The van der Waals surface area contributed by atoms with E-state index in [2.05, 4.69) is 22.4 Å². The van der Waals surface area contributed by atoms with Crippen molar-refractivity contribution in [3.63, 3.8) is 0 Å². The minimum absolute atomic E-state index is 0.283. The molecule has 2 nitrogen and oxygen atoms in total. The van der Waals surface area contributed by atoms with E-state index in [1.165, 1.54) is 17.8 Å². The zero-order valence-electron chi connectivity index (χ0n) is 9.78. The smallest absolute Gasteiger partial charge is 0.141 e. The Bertz CT molecular complexity index is 483. The van der Waals surface area contributed by atoms with Gasteiger partial charge in [0.15, 0.2) is 0 Å². The highest BCUT2D eigenvalue weighted by molar-refractivity contribution is 5.19. The summed E-state index contributed by atoms with van der Waals surface area (Å²) in [6.45, 7) is 3.32. The first-order chi connectivity index (χ1) is 8.25. The molecule has 0 fully saturated rings. The molecule has 1 heterocycles. The van der Waals surface area contributed by atoms with Gasteiger partial charge in [-0.1, -0.05) is 30.3 Å². The third-order valence-electron chi connectivity index (χ3n) is 2.62. The zero-order chi connectivity index (χ0) is 12.1. The summed E-state index contributed by atoms with van der Waals surface area (Å²) in [6, 6.07) is 11.7. The average Bonchev–Trinajstić information content (AvgIpc) is 2.33. The maximum Gasteiger partial charge on any atom is 0.141 e. The van der Waals surface area contributed by atoms with Crippen LogP contribution in [0, 0.1) is 12.7 Å². The minimum atomic E-state index is -0.283. The SMILES string of the molecule is Cc1cc(F)cnc1CNCc1ccccc1. The van der Waals surface area contributed by atoms with Crippen LogP contribution in [-0.2, 0) is 13.1 Å². The van der Waals surface area contributed by atoms with E-state index in [1.54, 1.807) is 0 Å². The second-order valence-electron chi connectivity index (χ2n) is 4.01. The molecule has 0 aliphatic rings. The first-order valence-corrected chi connectivity index (χ1v) is 5.61. The molecule has 1 aromatic carbocycles. The summed E-state index contributed by atoms with van der Waals surface area (Å²) < 4.78 is 12.9. The van der Waals surface area contributed by atoms with Crippen LogP contribution < -0.4 is 5.32 Å². The fourth-order valence-corrected chi connectivity index (χ4v) is 1.67. The predicted octanol–water partition coefficient (Wildman–Crippen LogP) is 2.82. The highest BCUT2D eigenvalue weighted by atomic mass is 19.1. The van der Waals surface area contributed by atoms with E-state index < -0.39 is 0 Å². The summed E-state index contributed by atoms with van der Waals surface area (Å²) >= 11 is 0. The number of hydrogen-bond acceptors (Lipinski definition) is 2. The molecular weight excluding hydrogens is 215 g/mol. The zero-order valence-corrected chi connectivity index (χ0v) is 9.78. The molecule has 0 unspecified atom stereocenters. The molecule has 0 radical (unpaired) electrons. The number of pyridine rings is 1. The van der Waals surface area contributed by atoms with Crippen LogP contribution in [0.15, 0.2) is 42.6 Å². The van der Waals surface area contributed by atoms with E-state index in [0.717, 1.165) is 17.8 Å². The molecule has 0 atom stereocenters. The molecule has 0 aliphatic heterocycles. The quantitative estimate of drug-likeness (QED) is 0.873. The Labute approximate surface area is 101 Å². The minimum Gasteiger partial charge on any atom is -0.307 e. The third-order valence-corrected chi connectivity index (χ3v) is 2.62. The number of aromatic nitrogens is 1. The molecule has 0 saturated heterocycles. The van der Waals surface area contributed by atoms with E-state index in [1.807, 2.05) is 25.1 Å². The molecule has 17 heavy (non-hydrogen) atoms. The van der Waals surface area contributed by atoms with Gasteiger partial charge in [-0.05, 0) is 24.1 Å². The van der Waals surface area contributed by atoms with E-state index in [9.17, 15) is 4.39 Å². The highest BCUT2D eigenvalue weighted by Gasteiger charge is 2.01. The van der Waals surface area contributed by atoms with Crippen LogP contribution in [0.1, 0.15) is 16.8 Å². The van der Waals surface area contributed by atoms with E-state index in [0.29, 0.717) is 6.54 Å². The first kappa shape index (κ1) is 11.7. The van der Waals surface area contributed by atoms with Gasteiger partial charge in [-0.3, -0.25) is 4.98 Å². The van der Waals surface area contributed by atoms with Crippen LogP contribution in [0.2, 0.25) is 0 Å². The van der Waals surface area contributed by atoms with Gasteiger partial charge in [0, 0.05) is 13.1 Å². The number of rotatable bonds is 4. The molecular formula is C14H15FN2. The summed E-state index contributed by atoms with van der Waals surface area (Å²) in [5.41, 5.74) is 3.00. The van der Waals surface area contributed by atoms with Gasteiger partial charge in [0.2, 0.25) is 0 Å². The van der Waals surface area contributed by atoms with Crippen molar-refractivity contribution in [2.24, 2.45) is 0 Å². The van der Waals surface area contributed by atoms with Crippen molar-refractivity contribution >= 4 is 0 Å². The molecule has 0 spiro atoms. The third kappa shape index (κ3) is 3.36. The van der Waals surface area contributed by atoms with Gasteiger partial charge < -0.3 is 5.32 Å². The van der Waals surface area contributed by atoms with Crippen molar-refractivity contribution in [2.75, 3.05) is 0 Å². The van der Waals surface area contributed by atoms with Crippen LogP contribution in [0.4, 0.5) is 4.39 Å². The molecule has 1 N–H and O–H groups in total. The van der Waals surface area contributed by atoms with Gasteiger partial charge in [0.05, 0.1) is 11.9 Å². The van der Waals surface area contributed by atoms with Crippen LogP contribution in [0.5, 0.6) is 0 Å². The highest BCUT2D eigenvalue weighted by Crippen LogP contribution is 2.06. The monoisotopic (exact) mass is 230 g/mol. The summed E-state index contributed by atoms with van der Waals surface area (Å²) in [5.74, 6) is -0.283. The predicted molar refractivity (Wildman–Crippen MR) is 65.9 cm³/mol. The average molecular weight is 230 g/mol. The molecule has 2 aromatic rings. The second kappa shape index (κ2) is 5.55. The van der Waals surface area contributed by atoms with E-state index in [4.69, 9.17) is 0 Å². The number of halogens is 1. The Morgan fingerprint density at radius 2 is 1.94 bits per heavy atom. The molecule has 1 aromatic heterocycles. The Balaban J connectivity index is 1.90. The molecule has 0 aliphatic carbocycles. The van der Waals surface area contributed by atoms with Crippen molar-refractivity contribution in [1.29, 1.82) is 0 Å². The standard InChI is InChI=1S/C14H15FN2/c1-11-7-13(15)9-17-14(11)10-16-8-12-5-3-2-4-6-12/h2-7,9,16H,8,10H2,1H3. The lowest BCUT2D eigenvalue weighted by Crippen LogP contribution is -2.14. The van der Waals surface area contributed by atoms with Gasteiger partial charge in [-0.25, -0.2) is 4.39 Å². The maximum atomic E-state index is 12.9. The Kier molecular flexibility index (Phi) is 3.83. The number of aryl methyl sites for hydroxylation is 1. The van der Waals surface area contributed by atoms with Crippen molar-refractivity contribution in [3.8, 4) is 0 Å². The lowest BCUT2D eigenvalue weighted by Gasteiger charge is -2.07. The van der Waals surface area contributed by atoms with Gasteiger partial charge in [0.1, 0.15) is 5.82 Å². The Hall–Kier alpha value is -1.74. The van der Waals surface area contributed by atoms with E-state index in [-0.39, 0.29) is 5.82 Å². The summed E-state index contributed by atoms with van der Waals surface area (Å²) in [6.07, 6.45) is 1.26. The molecule has 0 amide bonds. The van der Waals surface area contributed by atoms with Crippen LogP contribution >= 0.6 is 0 Å². The number of nitrogens with zero attached hydrogens (tertiary/aromatic N) is 1. The van der Waals surface area contributed by atoms with Crippen molar-refractivity contribution in [3.05, 3.63) is 65.2 Å². The number of benzene rings is 1. The fraction of sp³-hybridized carbons (Fsp3) is 0.214. The van der Waals surface area contributed by atoms with Crippen LogP contribution in [0.25, 0.3) is 0 Å². The van der Waals surface area contributed by atoms with Crippen molar-refractivity contribution in [2.45, 2.75) is 20.0 Å². The Morgan fingerprint density at radius 3 is 2.65 bits per heavy atom. The molecule has 0 saturated carbocycles. The summed E-state index contributed by atoms with van der Waals surface area (Å²) in [5, 5.41) is 3.29. The summed E-state index contributed by atoms with van der Waals surface area (Å²) in [7, 11) is 0. The number of nitrogens with one attached hydrogen (secondary N) is 1. The topological polar surface area (TPSA) is 24.9 Å². The van der Waals surface area contributed by atoms with Crippen LogP contribution in [0.3, 0.4) is 0 Å². The summed E-state index contributed by atoms with van der Waals surface area (Å²) in [4.78, 5) is 4.07. The van der Waals surface area contributed by atoms with Crippen LogP contribution in [-0.4, -0.2) is 4.98 Å². The van der Waals surface area contributed by atoms with Gasteiger partial charge in [-0.2, -0.15) is 0 Å². The van der Waals surface area contributed by atoms with Crippen molar-refractivity contribution in [1.82, 2.24) is 10.3 Å². The molecule has 88 valence electrons. The molecule has 3 heteroatoms. The fourth-order valence-electron chi connectivity index (χ4n) is 1.67. The van der Waals surface area contributed by atoms with Gasteiger partial charge in [-0.15, -0.1) is 0 Å². The normalized spacial score (nSPS) is 10.5. The molecule has 0 bridgehead atoms. The first-order valence-electron chi connectivity index (χ1n) is 5.61. The Morgan fingerprint density at radius 1 is 1.18 bits per heavy atom. The van der Waals surface area contributed by atoms with Gasteiger partial charge in [0.25, 0.3) is 0 Å².